The Bertz CT molecular complexity index is 1150. The second-order valence-corrected chi connectivity index (χ2v) is 10.2. The predicted molar refractivity (Wildman–Crippen MR) is 135 cm³/mol. The summed E-state index contributed by atoms with van der Waals surface area (Å²) in [6.45, 7) is 0. The van der Waals surface area contributed by atoms with Crippen molar-refractivity contribution in [2.24, 2.45) is 0 Å². The average molecular weight is 437 g/mol. The van der Waals surface area contributed by atoms with Crippen molar-refractivity contribution in [3.8, 4) is 0 Å². The Morgan fingerprint density at radius 1 is 0.357 bits per heavy atom. The Kier molecular flexibility index (Phi) is 4.87. The molecule has 28 heavy (non-hydrogen) atoms. The molecule has 0 nitrogen and oxygen atoms in total. The summed E-state index contributed by atoms with van der Waals surface area (Å²) < 4.78 is 0. The Balaban J connectivity index is 2.14. The molecule has 140 valence electrons. The number of hydrogen-bond donors (Lipinski definition) is 0. The minimum absolute atomic E-state index is 1.37. The van der Waals surface area contributed by atoms with Gasteiger partial charge in [-0.25, -0.2) is 0 Å². The van der Waals surface area contributed by atoms with Gasteiger partial charge in [0.25, 0.3) is 0 Å². The number of thioether (sulfide) groups is 4. The van der Waals surface area contributed by atoms with E-state index >= 15 is 0 Å². The van der Waals surface area contributed by atoms with Crippen LogP contribution in [0.25, 0.3) is 43.1 Å². The lowest BCUT2D eigenvalue weighted by atomic mass is 9.90. The number of benzene rings is 5. The summed E-state index contributed by atoms with van der Waals surface area (Å²) in [4.78, 5) is 5.47. The molecule has 0 saturated carbocycles. The first-order valence-corrected chi connectivity index (χ1v) is 14.0. The Morgan fingerprint density at radius 2 is 0.607 bits per heavy atom. The minimum Gasteiger partial charge on any atom is -0.129 e. The van der Waals surface area contributed by atoms with Gasteiger partial charge in [-0.15, -0.1) is 47.0 Å². The van der Waals surface area contributed by atoms with Crippen LogP contribution < -0.4 is 0 Å². The van der Waals surface area contributed by atoms with E-state index in [1.54, 1.807) is 0 Å². The third kappa shape index (κ3) is 2.51. The van der Waals surface area contributed by atoms with E-state index in [4.69, 9.17) is 0 Å². The van der Waals surface area contributed by atoms with Gasteiger partial charge in [0.1, 0.15) is 0 Å². The maximum Gasteiger partial charge on any atom is 0.0160 e. The number of hydrogen-bond acceptors (Lipinski definition) is 4. The smallest absolute Gasteiger partial charge is 0.0160 e. The van der Waals surface area contributed by atoms with Crippen molar-refractivity contribution < 1.29 is 0 Å². The van der Waals surface area contributed by atoms with Crippen molar-refractivity contribution in [3.05, 3.63) is 48.5 Å². The first kappa shape index (κ1) is 18.8. The highest BCUT2D eigenvalue weighted by molar-refractivity contribution is 8.00. The molecule has 0 bridgehead atoms. The Labute approximate surface area is 182 Å². The van der Waals surface area contributed by atoms with Gasteiger partial charge in [-0.05, 0) is 81.6 Å². The van der Waals surface area contributed by atoms with Gasteiger partial charge in [0.15, 0.2) is 0 Å². The molecule has 0 unspecified atom stereocenters. The average Bonchev–Trinajstić information content (AvgIpc) is 2.76. The number of rotatable bonds is 4. The van der Waals surface area contributed by atoms with Crippen LogP contribution in [0, 0.1) is 0 Å². The van der Waals surface area contributed by atoms with E-state index in [-0.39, 0.29) is 0 Å². The zero-order valence-electron chi connectivity index (χ0n) is 16.3. The molecule has 5 aromatic carbocycles. The van der Waals surface area contributed by atoms with Crippen LogP contribution in [0.3, 0.4) is 0 Å². The quantitative estimate of drug-likeness (QED) is 0.157. The van der Waals surface area contributed by atoms with Crippen LogP contribution in [-0.4, -0.2) is 25.0 Å². The largest absolute Gasteiger partial charge is 0.129 e. The monoisotopic (exact) mass is 436 g/mol. The summed E-state index contributed by atoms with van der Waals surface area (Å²) >= 11 is 7.38. The summed E-state index contributed by atoms with van der Waals surface area (Å²) in [5, 5.41) is 11.2. The van der Waals surface area contributed by atoms with E-state index < -0.39 is 0 Å². The summed E-state index contributed by atoms with van der Waals surface area (Å²) in [6, 6.07) is 18.6. The molecule has 0 aromatic heterocycles. The van der Waals surface area contributed by atoms with Crippen molar-refractivity contribution in [2.45, 2.75) is 19.6 Å². The molecule has 0 aliphatic carbocycles. The first-order valence-electron chi connectivity index (χ1n) is 9.09. The maximum absolute atomic E-state index is 2.34. The second kappa shape index (κ2) is 7.24. The molecule has 0 fully saturated rings. The van der Waals surface area contributed by atoms with Crippen LogP contribution in [0.4, 0.5) is 0 Å². The molecule has 0 atom stereocenters. The molecule has 0 aliphatic heterocycles. The second-order valence-electron chi connectivity index (χ2n) is 6.76. The molecule has 0 spiro atoms. The normalized spacial score (nSPS) is 12.1. The third-order valence-corrected chi connectivity index (χ3v) is 8.75. The molecule has 5 aromatic rings. The lowest BCUT2D eigenvalue weighted by molar-refractivity contribution is 1.46. The van der Waals surface area contributed by atoms with Crippen molar-refractivity contribution in [1.29, 1.82) is 0 Å². The van der Waals surface area contributed by atoms with E-state index in [2.05, 4.69) is 73.6 Å². The van der Waals surface area contributed by atoms with Crippen LogP contribution in [0.15, 0.2) is 68.1 Å². The Morgan fingerprint density at radius 3 is 0.821 bits per heavy atom. The first-order chi connectivity index (χ1) is 13.7. The van der Waals surface area contributed by atoms with Gasteiger partial charge in [0, 0.05) is 30.4 Å². The fourth-order valence-corrected chi connectivity index (χ4v) is 7.06. The van der Waals surface area contributed by atoms with Crippen molar-refractivity contribution in [3.63, 3.8) is 0 Å². The van der Waals surface area contributed by atoms with E-state index in [0.29, 0.717) is 0 Å². The van der Waals surface area contributed by atoms with Gasteiger partial charge in [0.05, 0.1) is 0 Å². The van der Waals surface area contributed by atoms with Crippen LogP contribution in [0.2, 0.25) is 0 Å². The fraction of sp³-hybridized carbons (Fsp3) is 0.167. The molecule has 0 saturated heterocycles. The summed E-state index contributed by atoms with van der Waals surface area (Å²) in [6.07, 6.45) is 8.73. The highest BCUT2D eigenvalue weighted by Gasteiger charge is 2.19. The van der Waals surface area contributed by atoms with E-state index in [1.165, 1.54) is 62.7 Å². The summed E-state index contributed by atoms with van der Waals surface area (Å²) in [7, 11) is 0. The predicted octanol–water partition coefficient (Wildman–Crippen LogP) is 8.62. The summed E-state index contributed by atoms with van der Waals surface area (Å²) in [5.41, 5.74) is 0. The number of fused-ring (bicyclic) bond motifs is 2. The maximum atomic E-state index is 2.34. The zero-order valence-corrected chi connectivity index (χ0v) is 19.5. The molecule has 0 heterocycles. The molecular formula is C24H20S4. The van der Waals surface area contributed by atoms with Crippen LogP contribution in [-0.2, 0) is 0 Å². The van der Waals surface area contributed by atoms with E-state index in [0.717, 1.165) is 0 Å². The SMILES string of the molecule is CSc1ccc2c3ccc(SC)c4c(SC)ccc(c5ccc(SC)c1c25)c43. The van der Waals surface area contributed by atoms with Crippen molar-refractivity contribution in [2.75, 3.05) is 25.0 Å². The summed E-state index contributed by atoms with van der Waals surface area (Å²) in [5.74, 6) is 0. The van der Waals surface area contributed by atoms with Crippen LogP contribution in [0.5, 0.6) is 0 Å². The van der Waals surface area contributed by atoms with Crippen LogP contribution >= 0.6 is 47.0 Å². The topological polar surface area (TPSA) is 0 Å². The highest BCUT2D eigenvalue weighted by atomic mass is 32.2. The van der Waals surface area contributed by atoms with Gasteiger partial charge in [-0.1, -0.05) is 24.3 Å². The standard InChI is InChI=1S/C24H20S4/c1-25-17-9-5-13-15-7-11-19(27-3)24-20(28-4)12-8-16(22(15)24)14-6-10-18(26-2)23(17)21(13)14/h5-12H,1-4H3. The highest BCUT2D eigenvalue weighted by Crippen LogP contribution is 2.48. The van der Waals surface area contributed by atoms with E-state index in [9.17, 15) is 0 Å². The fourth-order valence-electron chi connectivity index (χ4n) is 4.45. The van der Waals surface area contributed by atoms with Gasteiger partial charge in [-0.3, -0.25) is 0 Å². The minimum atomic E-state index is 1.37. The molecule has 0 radical (unpaired) electrons. The molecule has 4 heteroatoms. The zero-order chi connectivity index (χ0) is 19.4. The van der Waals surface area contributed by atoms with Crippen LogP contribution in [0.1, 0.15) is 0 Å². The third-order valence-electron chi connectivity index (χ3n) is 5.63. The molecule has 0 N–H and O–H groups in total. The molecular weight excluding hydrogens is 417 g/mol. The molecule has 5 rings (SSSR count). The lowest BCUT2D eigenvalue weighted by Gasteiger charge is -2.19. The van der Waals surface area contributed by atoms with Gasteiger partial charge >= 0.3 is 0 Å². The van der Waals surface area contributed by atoms with E-state index in [1.807, 2.05) is 47.0 Å². The molecule has 0 aliphatic rings. The van der Waals surface area contributed by atoms with Gasteiger partial charge in [-0.2, -0.15) is 0 Å². The Hall–Kier alpha value is -1.20. The van der Waals surface area contributed by atoms with Crippen molar-refractivity contribution in [1.82, 2.24) is 0 Å². The van der Waals surface area contributed by atoms with Gasteiger partial charge < -0.3 is 0 Å². The molecule has 0 amide bonds. The van der Waals surface area contributed by atoms with Gasteiger partial charge in [0.2, 0.25) is 0 Å². The van der Waals surface area contributed by atoms with Crippen molar-refractivity contribution >= 4 is 90.1 Å². The lowest BCUT2D eigenvalue weighted by Crippen LogP contribution is -1.91.